The van der Waals surface area contributed by atoms with E-state index in [0.29, 0.717) is 27.8 Å². The number of methoxy groups -OCH3 is 1. The molecule has 0 saturated heterocycles. The van der Waals surface area contributed by atoms with Gasteiger partial charge in [-0.3, -0.25) is 4.79 Å². The third kappa shape index (κ3) is 2.95. The van der Waals surface area contributed by atoms with Gasteiger partial charge in [-0.25, -0.2) is 4.98 Å². The zero-order chi connectivity index (χ0) is 13.8. The number of carbonyl (C=O) groups excluding carboxylic acids is 1. The Kier molecular flexibility index (Phi) is 3.87. The minimum Gasteiger partial charge on any atom is -0.496 e. The van der Waals surface area contributed by atoms with Crippen LogP contribution in [0.5, 0.6) is 5.75 Å². The first-order valence-electron chi connectivity index (χ1n) is 5.47. The van der Waals surface area contributed by atoms with Gasteiger partial charge in [0, 0.05) is 5.69 Å². The van der Waals surface area contributed by atoms with Gasteiger partial charge in [0.15, 0.2) is 0 Å². The molecule has 2 rings (SSSR count). The second-order valence-electron chi connectivity index (χ2n) is 3.75. The van der Waals surface area contributed by atoms with Gasteiger partial charge in [0.2, 0.25) is 0 Å². The van der Waals surface area contributed by atoms with Crippen molar-refractivity contribution in [2.24, 2.45) is 0 Å². The monoisotopic (exact) mass is 277 g/mol. The summed E-state index contributed by atoms with van der Waals surface area (Å²) < 4.78 is 5.13. The van der Waals surface area contributed by atoms with E-state index in [2.05, 4.69) is 10.3 Å². The smallest absolute Gasteiger partial charge is 0.261 e. The van der Waals surface area contributed by atoms with Crippen LogP contribution >= 0.6 is 11.6 Å². The summed E-state index contributed by atoms with van der Waals surface area (Å²) in [4.78, 5) is 16.0. The fraction of sp³-hybridized carbons (Fsp3) is 0.0769. The lowest BCUT2D eigenvalue weighted by atomic mass is 10.1. The maximum Gasteiger partial charge on any atom is 0.261 e. The molecule has 0 aliphatic rings. The molecule has 0 atom stereocenters. The molecular formula is C13H12ClN3O2. The van der Waals surface area contributed by atoms with Gasteiger partial charge in [-0.05, 0) is 24.3 Å². The van der Waals surface area contributed by atoms with E-state index in [1.54, 1.807) is 30.3 Å². The zero-order valence-electron chi connectivity index (χ0n) is 10.2. The molecule has 6 heteroatoms. The number of benzene rings is 1. The Balaban J connectivity index is 2.27. The third-order valence-electron chi connectivity index (χ3n) is 2.49. The number of hydrogen-bond donors (Lipinski definition) is 2. The first-order chi connectivity index (χ1) is 9.11. The Morgan fingerprint density at radius 2 is 2.16 bits per heavy atom. The van der Waals surface area contributed by atoms with Gasteiger partial charge >= 0.3 is 0 Å². The van der Waals surface area contributed by atoms with Gasteiger partial charge in [-0.15, -0.1) is 0 Å². The molecule has 3 N–H and O–H groups in total. The van der Waals surface area contributed by atoms with Crippen LogP contribution in [0.15, 0.2) is 36.5 Å². The van der Waals surface area contributed by atoms with Crippen molar-refractivity contribution in [3.63, 3.8) is 0 Å². The summed E-state index contributed by atoms with van der Waals surface area (Å²) in [6.07, 6.45) is 1.46. The van der Waals surface area contributed by atoms with Gasteiger partial charge < -0.3 is 15.8 Å². The topological polar surface area (TPSA) is 77.2 Å². The number of anilines is 2. The Labute approximate surface area is 115 Å². The molecule has 0 bridgehead atoms. The summed E-state index contributed by atoms with van der Waals surface area (Å²) in [6, 6.07) is 8.26. The summed E-state index contributed by atoms with van der Waals surface area (Å²) in [5, 5.41) is 3.04. The largest absolute Gasteiger partial charge is 0.496 e. The molecule has 98 valence electrons. The number of rotatable bonds is 3. The van der Waals surface area contributed by atoms with Crippen molar-refractivity contribution in [1.82, 2.24) is 4.98 Å². The molecule has 19 heavy (non-hydrogen) atoms. The molecule has 2 aromatic rings. The van der Waals surface area contributed by atoms with E-state index in [9.17, 15) is 4.79 Å². The van der Waals surface area contributed by atoms with Crippen molar-refractivity contribution in [1.29, 1.82) is 0 Å². The van der Waals surface area contributed by atoms with E-state index in [1.807, 2.05) is 0 Å². The number of nitrogens with one attached hydrogen (secondary N) is 1. The number of aromatic nitrogens is 1. The van der Waals surface area contributed by atoms with E-state index in [0.717, 1.165) is 0 Å². The van der Waals surface area contributed by atoms with Crippen LogP contribution in [0.1, 0.15) is 10.4 Å². The first kappa shape index (κ1) is 13.2. The van der Waals surface area contributed by atoms with Crippen LogP contribution < -0.4 is 15.8 Å². The molecule has 0 spiro atoms. The summed E-state index contributed by atoms with van der Waals surface area (Å²) in [6.45, 7) is 0. The molecule has 1 heterocycles. The Morgan fingerprint density at radius 1 is 1.37 bits per heavy atom. The Hall–Kier alpha value is -2.27. The summed E-state index contributed by atoms with van der Waals surface area (Å²) in [5.41, 5.74) is 6.96. The predicted octanol–water partition coefficient (Wildman–Crippen LogP) is 2.58. The second kappa shape index (κ2) is 5.58. The predicted molar refractivity (Wildman–Crippen MR) is 74.6 cm³/mol. The molecule has 1 aromatic heterocycles. The number of nitrogens with two attached hydrogens (primary N) is 1. The van der Waals surface area contributed by atoms with E-state index in [-0.39, 0.29) is 5.91 Å². The van der Waals surface area contributed by atoms with Crippen molar-refractivity contribution >= 4 is 28.9 Å². The van der Waals surface area contributed by atoms with Crippen molar-refractivity contribution < 1.29 is 9.53 Å². The molecule has 0 aliphatic heterocycles. The summed E-state index contributed by atoms with van der Waals surface area (Å²) in [7, 11) is 1.48. The van der Waals surface area contributed by atoms with Gasteiger partial charge in [-0.1, -0.05) is 17.7 Å². The molecule has 0 saturated carbocycles. The highest BCUT2D eigenvalue weighted by molar-refractivity contribution is 6.29. The highest BCUT2D eigenvalue weighted by Gasteiger charge is 2.15. The quantitative estimate of drug-likeness (QED) is 0.668. The van der Waals surface area contributed by atoms with Gasteiger partial charge in [0.25, 0.3) is 5.91 Å². The van der Waals surface area contributed by atoms with Crippen LogP contribution in [-0.2, 0) is 0 Å². The van der Waals surface area contributed by atoms with Gasteiger partial charge in [-0.2, -0.15) is 0 Å². The molecule has 1 aromatic carbocycles. The average Bonchev–Trinajstić information content (AvgIpc) is 2.40. The fourth-order valence-corrected chi connectivity index (χ4v) is 1.72. The minimum absolute atomic E-state index is 0.292. The SMILES string of the molecule is COc1cccc(N)c1C(=O)Nc1ccc(Cl)nc1. The highest BCUT2D eigenvalue weighted by atomic mass is 35.5. The number of hydrogen-bond acceptors (Lipinski definition) is 4. The van der Waals surface area contributed by atoms with Crippen molar-refractivity contribution in [2.75, 3.05) is 18.2 Å². The highest BCUT2D eigenvalue weighted by Crippen LogP contribution is 2.25. The van der Waals surface area contributed by atoms with Crippen LogP contribution in [0.4, 0.5) is 11.4 Å². The number of amides is 1. The normalized spacial score (nSPS) is 10.0. The Morgan fingerprint density at radius 3 is 2.79 bits per heavy atom. The lowest BCUT2D eigenvalue weighted by molar-refractivity contribution is 0.102. The van der Waals surface area contributed by atoms with Gasteiger partial charge in [0.1, 0.15) is 16.5 Å². The van der Waals surface area contributed by atoms with Crippen LogP contribution in [0.2, 0.25) is 5.15 Å². The van der Waals surface area contributed by atoms with E-state index in [1.165, 1.54) is 13.3 Å². The molecule has 0 fully saturated rings. The average molecular weight is 278 g/mol. The van der Waals surface area contributed by atoms with E-state index < -0.39 is 0 Å². The molecule has 5 nitrogen and oxygen atoms in total. The van der Waals surface area contributed by atoms with Gasteiger partial charge in [0.05, 0.1) is 19.0 Å². The van der Waals surface area contributed by atoms with E-state index >= 15 is 0 Å². The van der Waals surface area contributed by atoms with Crippen molar-refractivity contribution in [3.8, 4) is 5.75 Å². The molecule has 0 unspecified atom stereocenters. The number of ether oxygens (including phenoxy) is 1. The summed E-state index contributed by atoms with van der Waals surface area (Å²) in [5.74, 6) is 0.0542. The first-order valence-corrected chi connectivity index (χ1v) is 5.85. The Bertz CT molecular complexity index is 599. The zero-order valence-corrected chi connectivity index (χ0v) is 10.9. The molecule has 0 aliphatic carbocycles. The molecule has 0 radical (unpaired) electrons. The van der Waals surface area contributed by atoms with Crippen LogP contribution in [0, 0.1) is 0 Å². The minimum atomic E-state index is -0.362. The lowest BCUT2D eigenvalue weighted by Gasteiger charge is -2.11. The number of nitrogens with zero attached hydrogens (tertiary/aromatic N) is 1. The van der Waals surface area contributed by atoms with Crippen molar-refractivity contribution in [3.05, 3.63) is 47.2 Å². The number of carbonyl (C=O) groups is 1. The second-order valence-corrected chi connectivity index (χ2v) is 4.14. The number of nitrogen functional groups attached to an aromatic ring is 1. The maximum absolute atomic E-state index is 12.2. The maximum atomic E-state index is 12.2. The van der Waals surface area contributed by atoms with Crippen LogP contribution in [-0.4, -0.2) is 18.0 Å². The van der Waals surface area contributed by atoms with E-state index in [4.69, 9.17) is 22.1 Å². The fourth-order valence-electron chi connectivity index (χ4n) is 1.60. The number of halogens is 1. The van der Waals surface area contributed by atoms with Crippen LogP contribution in [0.25, 0.3) is 0 Å². The molecule has 1 amide bonds. The van der Waals surface area contributed by atoms with Crippen LogP contribution in [0.3, 0.4) is 0 Å². The summed E-state index contributed by atoms with van der Waals surface area (Å²) >= 11 is 5.67. The standard InChI is InChI=1S/C13H12ClN3O2/c1-19-10-4-2-3-9(15)12(10)13(18)17-8-5-6-11(14)16-7-8/h2-7H,15H2,1H3,(H,17,18). The third-order valence-corrected chi connectivity index (χ3v) is 2.71. The number of pyridine rings is 1. The van der Waals surface area contributed by atoms with Crippen molar-refractivity contribution in [2.45, 2.75) is 0 Å². The molecular weight excluding hydrogens is 266 g/mol. The lowest BCUT2D eigenvalue weighted by Crippen LogP contribution is -2.15.